The number of thioether (sulfide) groups is 1. The molecule has 0 amide bonds. The van der Waals surface area contributed by atoms with E-state index in [9.17, 15) is 0 Å². The molecule has 16 heavy (non-hydrogen) atoms. The van der Waals surface area contributed by atoms with Crippen molar-refractivity contribution < 1.29 is 0 Å². The van der Waals surface area contributed by atoms with Gasteiger partial charge < -0.3 is 5.32 Å². The fraction of sp³-hybridized carbons (Fsp3) is 0.462. The van der Waals surface area contributed by atoms with Crippen LogP contribution in [0.4, 0.5) is 0 Å². The smallest absolute Gasteiger partial charge is 0.157 e. The molecule has 2 aliphatic rings. The molecule has 0 bridgehead atoms. The Morgan fingerprint density at radius 2 is 2.06 bits per heavy atom. The molecule has 1 heterocycles. The first-order valence-corrected chi connectivity index (χ1v) is 6.90. The molecule has 1 aliphatic heterocycles. The average molecular weight is 232 g/mol. The van der Waals surface area contributed by atoms with Gasteiger partial charge in [0.15, 0.2) is 5.17 Å². The Balaban J connectivity index is 1.58. The van der Waals surface area contributed by atoms with Gasteiger partial charge in [-0.15, -0.1) is 0 Å². The summed E-state index contributed by atoms with van der Waals surface area (Å²) in [7, 11) is 0. The largest absolute Gasteiger partial charge is 0.362 e. The van der Waals surface area contributed by atoms with E-state index in [4.69, 9.17) is 4.99 Å². The van der Waals surface area contributed by atoms with Crippen molar-refractivity contribution in [3.05, 3.63) is 35.9 Å². The molecular weight excluding hydrogens is 216 g/mol. The number of nitrogens with one attached hydrogen (secondary N) is 1. The summed E-state index contributed by atoms with van der Waals surface area (Å²) < 4.78 is 0. The SMILES string of the molecule is c1ccc(CC2CSC(NC3CC3)=N2)cc1. The number of hydrogen-bond acceptors (Lipinski definition) is 3. The van der Waals surface area contributed by atoms with E-state index in [1.165, 1.54) is 23.6 Å². The highest BCUT2D eigenvalue weighted by Crippen LogP contribution is 2.24. The summed E-state index contributed by atoms with van der Waals surface area (Å²) in [4.78, 5) is 4.73. The minimum Gasteiger partial charge on any atom is -0.362 e. The average Bonchev–Trinajstić information content (AvgIpc) is 3.01. The van der Waals surface area contributed by atoms with Crippen molar-refractivity contribution in [1.82, 2.24) is 5.32 Å². The Morgan fingerprint density at radius 1 is 1.25 bits per heavy atom. The van der Waals surface area contributed by atoms with E-state index in [1.807, 2.05) is 11.8 Å². The molecule has 1 unspecified atom stereocenters. The summed E-state index contributed by atoms with van der Waals surface area (Å²) in [5.74, 6) is 1.13. The zero-order valence-electron chi connectivity index (χ0n) is 9.23. The zero-order valence-corrected chi connectivity index (χ0v) is 10.0. The van der Waals surface area contributed by atoms with Crippen LogP contribution < -0.4 is 5.32 Å². The summed E-state index contributed by atoms with van der Waals surface area (Å²) in [5.41, 5.74) is 1.39. The second-order valence-electron chi connectivity index (χ2n) is 4.51. The van der Waals surface area contributed by atoms with Gasteiger partial charge in [0, 0.05) is 11.8 Å². The number of hydrogen-bond donors (Lipinski definition) is 1. The maximum atomic E-state index is 4.73. The summed E-state index contributed by atoms with van der Waals surface area (Å²) in [6.07, 6.45) is 3.72. The molecule has 3 rings (SSSR count). The predicted octanol–water partition coefficient (Wildman–Crippen LogP) is 2.45. The van der Waals surface area contributed by atoms with E-state index in [0.29, 0.717) is 6.04 Å². The number of benzene rings is 1. The molecule has 0 spiro atoms. The number of amidine groups is 1. The van der Waals surface area contributed by atoms with Crippen LogP contribution in [0.1, 0.15) is 18.4 Å². The van der Waals surface area contributed by atoms with Crippen LogP contribution in [0.15, 0.2) is 35.3 Å². The molecular formula is C13H16N2S. The topological polar surface area (TPSA) is 24.4 Å². The van der Waals surface area contributed by atoms with E-state index in [2.05, 4.69) is 35.6 Å². The van der Waals surface area contributed by atoms with Gasteiger partial charge in [0.25, 0.3) is 0 Å². The van der Waals surface area contributed by atoms with Gasteiger partial charge >= 0.3 is 0 Å². The standard InChI is InChI=1S/C13H16N2S/c1-2-4-10(5-3-1)8-12-9-16-13(15-12)14-11-6-7-11/h1-5,11-12H,6-9H2,(H,14,15). The number of nitrogens with zero attached hydrogens (tertiary/aromatic N) is 1. The summed E-state index contributed by atoms with van der Waals surface area (Å²) in [6, 6.07) is 11.8. The third-order valence-electron chi connectivity index (χ3n) is 2.93. The Bertz CT molecular complexity index is 384. The lowest BCUT2D eigenvalue weighted by Gasteiger charge is -2.04. The monoisotopic (exact) mass is 232 g/mol. The highest BCUT2D eigenvalue weighted by molar-refractivity contribution is 8.14. The molecule has 0 radical (unpaired) electrons. The molecule has 1 aromatic carbocycles. The van der Waals surface area contributed by atoms with Gasteiger partial charge in [-0.25, -0.2) is 0 Å². The molecule has 0 saturated heterocycles. The van der Waals surface area contributed by atoms with Crippen molar-refractivity contribution in [1.29, 1.82) is 0 Å². The summed E-state index contributed by atoms with van der Waals surface area (Å²) >= 11 is 1.88. The molecule has 2 nitrogen and oxygen atoms in total. The molecule has 1 saturated carbocycles. The quantitative estimate of drug-likeness (QED) is 0.865. The van der Waals surface area contributed by atoms with Gasteiger partial charge in [-0.2, -0.15) is 0 Å². The van der Waals surface area contributed by atoms with Crippen molar-refractivity contribution >= 4 is 16.9 Å². The fourth-order valence-corrected chi connectivity index (χ4v) is 2.90. The summed E-state index contributed by atoms with van der Waals surface area (Å²) in [5, 5.41) is 4.65. The van der Waals surface area contributed by atoms with Crippen molar-refractivity contribution in [2.75, 3.05) is 5.75 Å². The Hall–Kier alpha value is -0.960. The maximum absolute atomic E-state index is 4.73. The first kappa shape index (κ1) is 10.2. The van der Waals surface area contributed by atoms with E-state index in [1.54, 1.807) is 0 Å². The molecule has 1 N–H and O–H groups in total. The van der Waals surface area contributed by atoms with Crippen LogP contribution in [0.25, 0.3) is 0 Å². The Morgan fingerprint density at radius 3 is 2.81 bits per heavy atom. The van der Waals surface area contributed by atoms with E-state index in [0.717, 1.165) is 18.2 Å². The van der Waals surface area contributed by atoms with Crippen molar-refractivity contribution in [2.24, 2.45) is 4.99 Å². The molecule has 1 aliphatic carbocycles. The van der Waals surface area contributed by atoms with Crippen LogP contribution in [-0.2, 0) is 6.42 Å². The lowest BCUT2D eigenvalue weighted by atomic mass is 10.1. The van der Waals surface area contributed by atoms with Crippen molar-refractivity contribution in [2.45, 2.75) is 31.3 Å². The highest BCUT2D eigenvalue weighted by atomic mass is 32.2. The van der Waals surface area contributed by atoms with Gasteiger partial charge in [0.2, 0.25) is 0 Å². The van der Waals surface area contributed by atoms with Gasteiger partial charge in [-0.05, 0) is 24.8 Å². The third kappa shape index (κ3) is 2.59. The zero-order chi connectivity index (χ0) is 10.8. The van der Waals surface area contributed by atoms with Gasteiger partial charge in [0.1, 0.15) is 0 Å². The second-order valence-corrected chi connectivity index (χ2v) is 5.52. The van der Waals surface area contributed by atoms with Gasteiger partial charge in [-0.3, -0.25) is 4.99 Å². The Labute approximate surface area is 101 Å². The third-order valence-corrected chi connectivity index (χ3v) is 3.98. The lowest BCUT2D eigenvalue weighted by Crippen LogP contribution is -2.21. The highest BCUT2D eigenvalue weighted by Gasteiger charge is 2.26. The van der Waals surface area contributed by atoms with Crippen LogP contribution in [-0.4, -0.2) is 23.0 Å². The first-order valence-electron chi connectivity index (χ1n) is 5.91. The first-order chi connectivity index (χ1) is 7.90. The van der Waals surface area contributed by atoms with Crippen LogP contribution in [0.3, 0.4) is 0 Å². The normalized spacial score (nSPS) is 24.2. The van der Waals surface area contributed by atoms with Crippen LogP contribution in [0, 0.1) is 0 Å². The molecule has 84 valence electrons. The maximum Gasteiger partial charge on any atom is 0.157 e. The van der Waals surface area contributed by atoms with Gasteiger partial charge in [0.05, 0.1) is 6.04 Å². The number of rotatable bonds is 3. The minimum absolute atomic E-state index is 0.466. The number of aliphatic imine (C=N–C) groups is 1. The van der Waals surface area contributed by atoms with Crippen LogP contribution in [0.5, 0.6) is 0 Å². The fourth-order valence-electron chi connectivity index (χ4n) is 1.89. The van der Waals surface area contributed by atoms with E-state index < -0.39 is 0 Å². The van der Waals surface area contributed by atoms with Crippen LogP contribution >= 0.6 is 11.8 Å². The second kappa shape index (κ2) is 4.50. The van der Waals surface area contributed by atoms with Gasteiger partial charge in [-0.1, -0.05) is 42.1 Å². The Kier molecular flexibility index (Phi) is 2.87. The van der Waals surface area contributed by atoms with Crippen molar-refractivity contribution in [3.8, 4) is 0 Å². The van der Waals surface area contributed by atoms with Crippen molar-refractivity contribution in [3.63, 3.8) is 0 Å². The van der Waals surface area contributed by atoms with E-state index >= 15 is 0 Å². The molecule has 3 heteroatoms. The molecule has 1 fully saturated rings. The lowest BCUT2D eigenvalue weighted by molar-refractivity contribution is 0.755. The van der Waals surface area contributed by atoms with E-state index in [-0.39, 0.29) is 0 Å². The molecule has 1 aromatic rings. The van der Waals surface area contributed by atoms with Crippen LogP contribution in [0.2, 0.25) is 0 Å². The summed E-state index contributed by atoms with van der Waals surface area (Å²) in [6.45, 7) is 0. The predicted molar refractivity (Wildman–Crippen MR) is 70.0 cm³/mol. The molecule has 1 atom stereocenters. The minimum atomic E-state index is 0.466. The molecule has 0 aromatic heterocycles.